The van der Waals surface area contributed by atoms with Gasteiger partial charge in [-0.25, -0.2) is 4.68 Å². The van der Waals surface area contributed by atoms with Crippen LogP contribution in [0.3, 0.4) is 0 Å². The number of hydrogen-bond acceptors (Lipinski definition) is 3. The number of hydrogen-bond donors (Lipinski definition) is 1. The van der Waals surface area contributed by atoms with Crippen LogP contribution in [0.1, 0.15) is 33.9 Å². The van der Waals surface area contributed by atoms with Crippen molar-refractivity contribution in [2.45, 2.75) is 19.8 Å². The third-order valence-electron chi connectivity index (χ3n) is 6.75. The molecule has 0 spiro atoms. The summed E-state index contributed by atoms with van der Waals surface area (Å²) in [6, 6.07) is 24.1. The number of fused-ring (bicyclic) bond motifs is 4. The minimum atomic E-state index is -0.272. The third kappa shape index (κ3) is 3.01. The Morgan fingerprint density at radius 3 is 2.35 bits per heavy atom. The molecule has 3 heterocycles. The van der Waals surface area contributed by atoms with Crippen molar-refractivity contribution in [3.63, 3.8) is 0 Å². The van der Waals surface area contributed by atoms with E-state index in [0.29, 0.717) is 5.02 Å². The molecule has 0 aliphatic carbocycles. The number of rotatable bonds is 2. The van der Waals surface area contributed by atoms with Crippen molar-refractivity contribution in [2.24, 2.45) is 7.05 Å². The van der Waals surface area contributed by atoms with E-state index in [0.717, 1.165) is 50.5 Å². The number of benzene rings is 3. The molecule has 0 amide bonds. The lowest BCUT2D eigenvalue weighted by Crippen LogP contribution is -2.29. The molecule has 0 saturated carbocycles. The summed E-state index contributed by atoms with van der Waals surface area (Å²) in [7, 11) is 1.84. The molecular formula is C28H23ClN4O. The van der Waals surface area contributed by atoms with Crippen LogP contribution in [-0.4, -0.2) is 14.3 Å². The first-order valence-electron chi connectivity index (χ1n) is 11.2. The van der Waals surface area contributed by atoms with E-state index < -0.39 is 0 Å². The maximum absolute atomic E-state index is 13.8. The number of halogens is 1. The molecular weight excluding hydrogens is 444 g/mol. The van der Waals surface area contributed by atoms with Crippen molar-refractivity contribution in [1.82, 2.24) is 14.3 Å². The molecule has 1 aliphatic rings. The van der Waals surface area contributed by atoms with Gasteiger partial charge in [0.25, 0.3) is 5.56 Å². The second-order valence-corrected chi connectivity index (χ2v) is 9.31. The van der Waals surface area contributed by atoms with Crippen molar-refractivity contribution < 1.29 is 0 Å². The fourth-order valence-corrected chi connectivity index (χ4v) is 5.18. The summed E-state index contributed by atoms with van der Waals surface area (Å²) in [5, 5.41) is 10.2. The highest BCUT2D eigenvalue weighted by Gasteiger charge is 2.36. The normalized spacial score (nSPS) is 14.5. The van der Waals surface area contributed by atoms with Crippen LogP contribution in [0.4, 0.5) is 11.5 Å². The smallest absolute Gasteiger partial charge is 0.257 e. The van der Waals surface area contributed by atoms with Gasteiger partial charge in [0, 0.05) is 28.9 Å². The predicted octanol–water partition coefficient (Wildman–Crippen LogP) is 6.23. The van der Waals surface area contributed by atoms with Crippen molar-refractivity contribution in [1.29, 1.82) is 0 Å². The van der Waals surface area contributed by atoms with Crippen LogP contribution in [0.5, 0.6) is 0 Å². The van der Waals surface area contributed by atoms with E-state index in [1.165, 1.54) is 5.56 Å². The lowest BCUT2D eigenvalue weighted by atomic mass is 9.81. The maximum Gasteiger partial charge on any atom is 0.257 e. The number of para-hydroxylation sites is 1. The second kappa shape index (κ2) is 7.61. The molecule has 3 aromatic carbocycles. The minimum absolute atomic E-state index is 0.0192. The molecule has 2 aromatic heterocycles. The Kier molecular flexibility index (Phi) is 4.64. The number of pyridine rings is 1. The molecule has 1 N–H and O–H groups in total. The highest BCUT2D eigenvalue weighted by Crippen LogP contribution is 2.47. The summed E-state index contributed by atoms with van der Waals surface area (Å²) in [6.07, 6.45) is 0. The van der Waals surface area contributed by atoms with Crippen LogP contribution in [0.15, 0.2) is 77.6 Å². The SMILES string of the molecule is Cc1ccc(-n2nc(C)c3c2Nc2c(c(=O)n(C)c4ccccc24)[C@H]3c2ccc(Cl)cc2)cc1. The van der Waals surface area contributed by atoms with Crippen molar-refractivity contribution >= 4 is 34.0 Å². The van der Waals surface area contributed by atoms with Gasteiger partial charge in [0.2, 0.25) is 0 Å². The zero-order valence-electron chi connectivity index (χ0n) is 19.1. The Labute approximate surface area is 202 Å². The first kappa shape index (κ1) is 20.8. The summed E-state index contributed by atoms with van der Waals surface area (Å²) >= 11 is 6.22. The average Bonchev–Trinajstić information content (AvgIpc) is 3.18. The molecule has 168 valence electrons. The van der Waals surface area contributed by atoms with Crippen LogP contribution in [0.2, 0.25) is 5.02 Å². The lowest BCUT2D eigenvalue weighted by Gasteiger charge is -2.29. The molecule has 6 heteroatoms. The number of nitrogens with one attached hydrogen (secondary N) is 1. The molecule has 0 bridgehead atoms. The van der Waals surface area contributed by atoms with E-state index in [-0.39, 0.29) is 11.5 Å². The van der Waals surface area contributed by atoms with Crippen molar-refractivity contribution in [3.8, 4) is 5.69 Å². The van der Waals surface area contributed by atoms with E-state index >= 15 is 0 Å². The van der Waals surface area contributed by atoms with E-state index in [1.807, 2.05) is 61.1 Å². The van der Waals surface area contributed by atoms with E-state index in [9.17, 15) is 4.79 Å². The average molecular weight is 467 g/mol. The molecule has 0 unspecified atom stereocenters. The molecule has 0 fully saturated rings. The summed E-state index contributed by atoms with van der Waals surface area (Å²) in [4.78, 5) is 13.8. The number of nitrogens with zero attached hydrogens (tertiary/aromatic N) is 3. The summed E-state index contributed by atoms with van der Waals surface area (Å²) < 4.78 is 3.69. The molecule has 0 saturated heterocycles. The van der Waals surface area contributed by atoms with Gasteiger partial charge in [-0.1, -0.05) is 59.6 Å². The van der Waals surface area contributed by atoms with Crippen molar-refractivity contribution in [2.75, 3.05) is 5.32 Å². The number of aryl methyl sites for hydroxylation is 3. The quantitative estimate of drug-likeness (QED) is 0.329. The van der Waals surface area contributed by atoms with Gasteiger partial charge in [-0.3, -0.25) is 4.79 Å². The predicted molar refractivity (Wildman–Crippen MR) is 138 cm³/mol. The molecule has 5 aromatic rings. The van der Waals surface area contributed by atoms with Crippen LogP contribution < -0.4 is 10.9 Å². The van der Waals surface area contributed by atoms with E-state index in [4.69, 9.17) is 16.7 Å². The molecule has 1 aliphatic heterocycles. The summed E-state index contributed by atoms with van der Waals surface area (Å²) in [6.45, 7) is 4.07. The third-order valence-corrected chi connectivity index (χ3v) is 7.00. The van der Waals surface area contributed by atoms with Gasteiger partial charge in [0.15, 0.2) is 0 Å². The zero-order chi connectivity index (χ0) is 23.6. The molecule has 5 nitrogen and oxygen atoms in total. The van der Waals surface area contributed by atoms with Gasteiger partial charge in [-0.2, -0.15) is 5.10 Å². The highest BCUT2D eigenvalue weighted by molar-refractivity contribution is 6.30. The van der Waals surface area contributed by atoms with Gasteiger partial charge in [0.05, 0.1) is 28.1 Å². The zero-order valence-corrected chi connectivity index (χ0v) is 19.9. The molecule has 6 rings (SSSR count). The summed E-state index contributed by atoms with van der Waals surface area (Å²) in [5.41, 5.74) is 7.47. The van der Waals surface area contributed by atoms with Gasteiger partial charge in [0.1, 0.15) is 5.82 Å². The second-order valence-electron chi connectivity index (χ2n) is 8.87. The Morgan fingerprint density at radius 1 is 0.912 bits per heavy atom. The van der Waals surface area contributed by atoms with Gasteiger partial charge >= 0.3 is 0 Å². The summed E-state index contributed by atoms with van der Waals surface area (Å²) in [5.74, 6) is 0.609. The lowest BCUT2D eigenvalue weighted by molar-refractivity contribution is 0.842. The monoisotopic (exact) mass is 466 g/mol. The van der Waals surface area contributed by atoms with E-state index in [2.05, 4.69) is 42.6 Å². The van der Waals surface area contributed by atoms with Crippen LogP contribution in [-0.2, 0) is 7.05 Å². The highest BCUT2D eigenvalue weighted by atomic mass is 35.5. The topological polar surface area (TPSA) is 51.9 Å². The first-order chi connectivity index (χ1) is 16.4. The fraction of sp³-hybridized carbons (Fsp3) is 0.143. The Hall–Kier alpha value is -3.83. The number of aromatic nitrogens is 3. The van der Waals surface area contributed by atoms with Gasteiger partial charge in [-0.05, 0) is 49.7 Å². The molecule has 34 heavy (non-hydrogen) atoms. The van der Waals surface area contributed by atoms with Crippen LogP contribution in [0.25, 0.3) is 16.6 Å². The van der Waals surface area contributed by atoms with Gasteiger partial charge < -0.3 is 9.88 Å². The molecule has 0 radical (unpaired) electrons. The fourth-order valence-electron chi connectivity index (χ4n) is 5.05. The van der Waals surface area contributed by atoms with Crippen LogP contribution in [0, 0.1) is 13.8 Å². The number of anilines is 2. The van der Waals surface area contributed by atoms with Crippen LogP contribution >= 0.6 is 11.6 Å². The standard InChI is InChI=1S/C28H23ClN4O/c1-16-8-14-20(15-9-16)33-27-23(17(2)31-33)24(18-10-12-19(29)13-11-18)25-26(30-27)21-6-4-5-7-22(21)32(3)28(25)34/h4-15,24,30H,1-3H3/t24-/m0/s1. The Morgan fingerprint density at radius 2 is 1.62 bits per heavy atom. The Bertz CT molecular complexity index is 1630. The van der Waals surface area contributed by atoms with E-state index in [1.54, 1.807) is 4.57 Å². The first-order valence-corrected chi connectivity index (χ1v) is 11.6. The van der Waals surface area contributed by atoms with Crippen molar-refractivity contribution in [3.05, 3.63) is 116 Å². The Balaban J connectivity index is 1.71. The minimum Gasteiger partial charge on any atom is -0.339 e. The van der Waals surface area contributed by atoms with Gasteiger partial charge in [-0.15, -0.1) is 0 Å². The molecule has 1 atom stereocenters. The maximum atomic E-state index is 13.8. The largest absolute Gasteiger partial charge is 0.339 e.